The second-order valence-electron chi connectivity index (χ2n) is 6.85. The summed E-state index contributed by atoms with van der Waals surface area (Å²) in [7, 11) is 1.89. The number of aryl methyl sites for hydroxylation is 1. The smallest absolute Gasteiger partial charge is 0.230 e. The lowest BCUT2D eigenvalue weighted by Crippen LogP contribution is -2.27. The van der Waals surface area contributed by atoms with Crippen molar-refractivity contribution in [2.75, 3.05) is 12.3 Å². The molecular weight excluding hydrogens is 384 g/mol. The van der Waals surface area contributed by atoms with Crippen LogP contribution >= 0.6 is 11.8 Å². The fourth-order valence-corrected chi connectivity index (χ4v) is 3.67. The van der Waals surface area contributed by atoms with Gasteiger partial charge in [-0.2, -0.15) is 0 Å². The first-order valence-electron chi connectivity index (χ1n) is 9.59. The van der Waals surface area contributed by atoms with Crippen molar-refractivity contribution >= 4 is 17.7 Å². The van der Waals surface area contributed by atoms with E-state index in [9.17, 15) is 4.79 Å². The van der Waals surface area contributed by atoms with Gasteiger partial charge in [0.25, 0.3) is 0 Å². The van der Waals surface area contributed by atoms with Gasteiger partial charge in [0.15, 0.2) is 17.1 Å². The van der Waals surface area contributed by atoms with Crippen molar-refractivity contribution in [2.45, 2.75) is 31.5 Å². The first-order valence-corrected chi connectivity index (χ1v) is 10.6. The summed E-state index contributed by atoms with van der Waals surface area (Å²) < 4.78 is 7.86. The minimum atomic E-state index is -0.247. The van der Waals surface area contributed by atoms with Crippen LogP contribution in [0.25, 0.3) is 0 Å². The third-order valence-electron chi connectivity index (χ3n) is 4.45. The van der Waals surface area contributed by atoms with E-state index in [0.717, 1.165) is 23.6 Å². The summed E-state index contributed by atoms with van der Waals surface area (Å²) in [6.45, 7) is 4.59. The Hall–Kier alpha value is -2.80. The van der Waals surface area contributed by atoms with E-state index in [-0.39, 0.29) is 12.0 Å². The van der Waals surface area contributed by atoms with Gasteiger partial charge >= 0.3 is 0 Å². The fourth-order valence-electron chi connectivity index (χ4n) is 2.92. The molecule has 0 radical (unpaired) electrons. The molecule has 7 heteroatoms. The maximum atomic E-state index is 12.1. The van der Waals surface area contributed by atoms with E-state index in [1.807, 2.05) is 67.9 Å². The largest absolute Gasteiger partial charge is 0.483 e. The van der Waals surface area contributed by atoms with Crippen molar-refractivity contribution in [1.29, 1.82) is 0 Å². The molecule has 0 saturated carbocycles. The quantitative estimate of drug-likeness (QED) is 0.545. The average molecular weight is 411 g/mol. The number of nitrogens with zero attached hydrogens (tertiary/aromatic N) is 3. The molecule has 1 amide bonds. The van der Waals surface area contributed by atoms with E-state index in [0.29, 0.717) is 17.5 Å². The summed E-state index contributed by atoms with van der Waals surface area (Å²) in [5.74, 6) is 1.80. The number of amides is 1. The van der Waals surface area contributed by atoms with Gasteiger partial charge in [-0.15, -0.1) is 10.2 Å². The molecular formula is C22H26N4O2S. The van der Waals surface area contributed by atoms with Crippen molar-refractivity contribution in [3.05, 3.63) is 71.5 Å². The molecule has 29 heavy (non-hydrogen) atoms. The van der Waals surface area contributed by atoms with Gasteiger partial charge in [0, 0.05) is 13.6 Å². The van der Waals surface area contributed by atoms with Crippen molar-refractivity contribution in [3.63, 3.8) is 0 Å². The van der Waals surface area contributed by atoms with Gasteiger partial charge in [-0.1, -0.05) is 54.2 Å². The maximum Gasteiger partial charge on any atom is 0.230 e. The predicted molar refractivity (Wildman–Crippen MR) is 115 cm³/mol. The summed E-state index contributed by atoms with van der Waals surface area (Å²) >= 11 is 1.37. The standard InChI is InChI=1S/C22H26N4O2S/c1-16-8-7-11-19(14-16)28-17(2)21-24-25-22(26(21)3)29-15-20(27)23-13-12-18-9-5-4-6-10-18/h4-11,14,17H,12-13,15H2,1-3H3,(H,23,27). The zero-order valence-electron chi connectivity index (χ0n) is 17.0. The van der Waals surface area contributed by atoms with Gasteiger partial charge in [0.2, 0.25) is 5.91 Å². The normalized spacial score (nSPS) is 11.8. The summed E-state index contributed by atoms with van der Waals surface area (Å²) in [5, 5.41) is 12.1. The lowest BCUT2D eigenvalue weighted by molar-refractivity contribution is -0.118. The first-order chi connectivity index (χ1) is 14.0. The molecule has 0 bridgehead atoms. The van der Waals surface area contributed by atoms with Crippen LogP contribution in [0.3, 0.4) is 0 Å². The number of ether oxygens (including phenoxy) is 1. The molecule has 1 N–H and O–H groups in total. The highest BCUT2D eigenvalue weighted by Gasteiger charge is 2.18. The van der Waals surface area contributed by atoms with Crippen molar-refractivity contribution in [1.82, 2.24) is 20.1 Å². The van der Waals surface area contributed by atoms with Gasteiger partial charge in [0.1, 0.15) is 5.75 Å². The van der Waals surface area contributed by atoms with Crippen LogP contribution in [0.15, 0.2) is 59.8 Å². The third-order valence-corrected chi connectivity index (χ3v) is 5.47. The second kappa shape index (κ2) is 10.1. The molecule has 152 valence electrons. The van der Waals surface area contributed by atoms with Crippen LogP contribution in [0.2, 0.25) is 0 Å². The molecule has 0 fully saturated rings. The van der Waals surface area contributed by atoms with Gasteiger partial charge in [-0.3, -0.25) is 4.79 Å². The highest BCUT2D eigenvalue weighted by molar-refractivity contribution is 7.99. The van der Waals surface area contributed by atoms with E-state index in [1.54, 1.807) is 0 Å². The first kappa shape index (κ1) is 20.9. The number of aromatic nitrogens is 3. The molecule has 0 saturated heterocycles. The van der Waals surface area contributed by atoms with Crippen LogP contribution in [0.4, 0.5) is 0 Å². The number of nitrogens with one attached hydrogen (secondary N) is 1. The Balaban J connectivity index is 1.48. The molecule has 1 atom stereocenters. The van der Waals surface area contributed by atoms with Crippen LogP contribution in [0.5, 0.6) is 5.75 Å². The minimum absolute atomic E-state index is 0.0143. The topological polar surface area (TPSA) is 69.0 Å². The molecule has 1 aromatic heterocycles. The Labute approximate surface area is 175 Å². The Morgan fingerprint density at radius 1 is 1.17 bits per heavy atom. The zero-order valence-corrected chi connectivity index (χ0v) is 17.8. The predicted octanol–water partition coefficient (Wildman–Crippen LogP) is 3.71. The summed E-state index contributed by atoms with van der Waals surface area (Å²) in [6, 6.07) is 18.0. The molecule has 3 rings (SSSR count). The van der Waals surface area contributed by atoms with Crippen molar-refractivity contribution in [3.8, 4) is 5.75 Å². The number of hydrogen-bond acceptors (Lipinski definition) is 5. The summed E-state index contributed by atoms with van der Waals surface area (Å²) in [5.41, 5.74) is 2.35. The molecule has 0 spiro atoms. The third kappa shape index (κ3) is 6.09. The molecule has 0 aliphatic rings. The Bertz CT molecular complexity index is 943. The van der Waals surface area contributed by atoms with Crippen LogP contribution in [0.1, 0.15) is 30.0 Å². The molecule has 0 aliphatic heterocycles. The van der Waals surface area contributed by atoms with Crippen LogP contribution in [-0.2, 0) is 18.3 Å². The van der Waals surface area contributed by atoms with E-state index in [2.05, 4.69) is 27.6 Å². The number of carbonyl (C=O) groups is 1. The highest BCUT2D eigenvalue weighted by atomic mass is 32.2. The number of thioether (sulfide) groups is 1. The Morgan fingerprint density at radius 2 is 1.97 bits per heavy atom. The Kier molecular flexibility index (Phi) is 7.30. The lowest BCUT2D eigenvalue weighted by atomic mass is 10.1. The van der Waals surface area contributed by atoms with Crippen molar-refractivity contribution < 1.29 is 9.53 Å². The number of rotatable bonds is 9. The minimum Gasteiger partial charge on any atom is -0.483 e. The van der Waals surface area contributed by atoms with Crippen LogP contribution in [0, 0.1) is 6.92 Å². The second-order valence-corrected chi connectivity index (χ2v) is 7.79. The van der Waals surface area contributed by atoms with Gasteiger partial charge in [-0.25, -0.2) is 0 Å². The Morgan fingerprint density at radius 3 is 2.72 bits per heavy atom. The molecule has 1 unspecified atom stereocenters. The average Bonchev–Trinajstić information content (AvgIpc) is 3.08. The number of benzene rings is 2. The zero-order chi connectivity index (χ0) is 20.6. The highest BCUT2D eigenvalue weighted by Crippen LogP contribution is 2.24. The number of carbonyl (C=O) groups excluding carboxylic acids is 1. The summed E-state index contributed by atoms with van der Waals surface area (Å²) in [6.07, 6.45) is 0.572. The van der Waals surface area contributed by atoms with Gasteiger partial charge in [0.05, 0.1) is 5.75 Å². The number of hydrogen-bond donors (Lipinski definition) is 1. The molecule has 1 heterocycles. The molecule has 6 nitrogen and oxygen atoms in total. The van der Waals surface area contributed by atoms with E-state index < -0.39 is 0 Å². The SMILES string of the molecule is Cc1cccc(OC(C)c2nnc(SCC(=O)NCCc3ccccc3)n2C)c1. The van der Waals surface area contributed by atoms with Crippen LogP contribution < -0.4 is 10.1 Å². The monoisotopic (exact) mass is 410 g/mol. The lowest BCUT2D eigenvalue weighted by Gasteiger charge is -2.14. The molecule has 2 aromatic carbocycles. The van der Waals surface area contributed by atoms with Crippen LogP contribution in [-0.4, -0.2) is 33.0 Å². The molecule has 3 aromatic rings. The van der Waals surface area contributed by atoms with Gasteiger partial charge in [-0.05, 0) is 43.5 Å². The maximum absolute atomic E-state index is 12.1. The summed E-state index contributed by atoms with van der Waals surface area (Å²) in [4.78, 5) is 12.1. The van der Waals surface area contributed by atoms with E-state index in [1.165, 1.54) is 17.3 Å². The van der Waals surface area contributed by atoms with Crippen molar-refractivity contribution in [2.24, 2.45) is 7.05 Å². The van der Waals surface area contributed by atoms with E-state index >= 15 is 0 Å². The molecule has 0 aliphatic carbocycles. The van der Waals surface area contributed by atoms with E-state index in [4.69, 9.17) is 4.74 Å². The van der Waals surface area contributed by atoms with Gasteiger partial charge < -0.3 is 14.6 Å². The fraction of sp³-hybridized carbons (Fsp3) is 0.318.